The van der Waals surface area contributed by atoms with Crippen molar-refractivity contribution in [2.24, 2.45) is 0 Å². The van der Waals surface area contributed by atoms with Crippen molar-refractivity contribution in [2.75, 3.05) is 12.3 Å². The Morgan fingerprint density at radius 3 is 2.95 bits per heavy atom. The molecule has 9 nitrogen and oxygen atoms in total. The number of nitrogens with zero attached hydrogens (tertiary/aromatic N) is 2. The van der Waals surface area contributed by atoms with Gasteiger partial charge in [0.05, 0.1) is 12.7 Å². The van der Waals surface area contributed by atoms with Gasteiger partial charge in [-0.2, -0.15) is 4.98 Å². The summed E-state index contributed by atoms with van der Waals surface area (Å²) < 4.78 is 6.48. The first-order chi connectivity index (χ1) is 9.06. The standard InChI is InChI=1S/C10H15N3O6/c11-9-5(4-18-17)2-13(10(16)12-9)8-1-6(15)7(3-14)19-8/h2,6-8,14-15,17H,1,3-4H2,(H2,11,12,16)/t6-,7+,8+/m0/s1. The number of hydrogen-bond donors (Lipinski definition) is 4. The van der Waals surface area contributed by atoms with Gasteiger partial charge in [-0.1, -0.05) is 0 Å². The first kappa shape index (κ1) is 13.9. The van der Waals surface area contributed by atoms with Gasteiger partial charge in [0.2, 0.25) is 0 Å². The van der Waals surface area contributed by atoms with E-state index < -0.39 is 24.1 Å². The first-order valence-corrected chi connectivity index (χ1v) is 5.65. The molecule has 0 unspecified atom stereocenters. The molecule has 1 aliphatic heterocycles. The Hall–Kier alpha value is -1.52. The molecule has 0 aromatic carbocycles. The predicted molar refractivity (Wildman–Crippen MR) is 61.9 cm³/mol. The van der Waals surface area contributed by atoms with Crippen LogP contribution in [0.3, 0.4) is 0 Å². The SMILES string of the molecule is Nc1nc(=O)n([C@H]2C[C@H](O)[C@@H](CO)O2)cc1COO. The molecule has 1 aromatic rings. The number of anilines is 1. The van der Waals surface area contributed by atoms with Gasteiger partial charge in [-0.15, -0.1) is 0 Å². The Kier molecular flexibility index (Phi) is 4.12. The van der Waals surface area contributed by atoms with Crippen molar-refractivity contribution in [3.8, 4) is 0 Å². The van der Waals surface area contributed by atoms with E-state index >= 15 is 0 Å². The molecule has 0 aliphatic carbocycles. The smallest absolute Gasteiger partial charge is 0.351 e. The van der Waals surface area contributed by atoms with Gasteiger partial charge in [-0.25, -0.2) is 9.68 Å². The topological polar surface area (TPSA) is 140 Å². The van der Waals surface area contributed by atoms with Gasteiger partial charge in [0.1, 0.15) is 24.8 Å². The van der Waals surface area contributed by atoms with Crippen molar-refractivity contribution < 1.29 is 25.1 Å². The molecule has 1 saturated heterocycles. The fraction of sp³-hybridized carbons (Fsp3) is 0.600. The highest BCUT2D eigenvalue weighted by Gasteiger charge is 2.35. The van der Waals surface area contributed by atoms with Crippen molar-refractivity contribution in [1.82, 2.24) is 9.55 Å². The van der Waals surface area contributed by atoms with Gasteiger partial charge in [0.15, 0.2) is 0 Å². The highest BCUT2D eigenvalue weighted by Crippen LogP contribution is 2.27. The molecule has 0 saturated carbocycles. The van der Waals surface area contributed by atoms with Gasteiger partial charge in [0.25, 0.3) is 0 Å². The van der Waals surface area contributed by atoms with Crippen LogP contribution in [0, 0.1) is 0 Å². The van der Waals surface area contributed by atoms with E-state index in [1.807, 2.05) is 0 Å². The average molecular weight is 273 g/mol. The van der Waals surface area contributed by atoms with Crippen LogP contribution in [-0.2, 0) is 16.2 Å². The number of ether oxygens (including phenoxy) is 1. The molecule has 1 aliphatic rings. The van der Waals surface area contributed by atoms with E-state index in [0.717, 1.165) is 4.57 Å². The highest BCUT2D eigenvalue weighted by atomic mass is 17.1. The van der Waals surface area contributed by atoms with Crippen LogP contribution in [0.1, 0.15) is 18.2 Å². The lowest BCUT2D eigenvalue weighted by Gasteiger charge is -2.15. The Bertz CT molecular complexity index is 505. The van der Waals surface area contributed by atoms with Gasteiger partial charge in [0, 0.05) is 18.2 Å². The van der Waals surface area contributed by atoms with Crippen molar-refractivity contribution in [1.29, 1.82) is 0 Å². The zero-order valence-corrected chi connectivity index (χ0v) is 9.97. The van der Waals surface area contributed by atoms with Crippen LogP contribution in [0.4, 0.5) is 5.82 Å². The summed E-state index contributed by atoms with van der Waals surface area (Å²) in [6.45, 7) is -0.570. The van der Waals surface area contributed by atoms with E-state index in [1.165, 1.54) is 6.20 Å². The van der Waals surface area contributed by atoms with Crippen molar-refractivity contribution in [2.45, 2.75) is 31.5 Å². The quantitative estimate of drug-likeness (QED) is 0.382. The maximum absolute atomic E-state index is 11.7. The number of hydrogen-bond acceptors (Lipinski definition) is 8. The third-order valence-electron chi connectivity index (χ3n) is 2.98. The molecule has 0 radical (unpaired) electrons. The van der Waals surface area contributed by atoms with Gasteiger partial charge < -0.3 is 20.7 Å². The van der Waals surface area contributed by atoms with Crippen LogP contribution in [0.2, 0.25) is 0 Å². The largest absolute Gasteiger partial charge is 0.394 e. The van der Waals surface area contributed by atoms with Crippen LogP contribution < -0.4 is 11.4 Å². The Morgan fingerprint density at radius 1 is 1.63 bits per heavy atom. The highest BCUT2D eigenvalue weighted by molar-refractivity contribution is 5.36. The lowest BCUT2D eigenvalue weighted by atomic mass is 10.2. The van der Waals surface area contributed by atoms with E-state index in [2.05, 4.69) is 9.87 Å². The summed E-state index contributed by atoms with van der Waals surface area (Å²) in [4.78, 5) is 19.3. The summed E-state index contributed by atoms with van der Waals surface area (Å²) in [7, 11) is 0. The minimum absolute atomic E-state index is 0.0486. The van der Waals surface area contributed by atoms with Crippen LogP contribution in [0.25, 0.3) is 0 Å². The van der Waals surface area contributed by atoms with Crippen LogP contribution in [-0.4, -0.2) is 43.8 Å². The number of aliphatic hydroxyl groups is 2. The zero-order chi connectivity index (χ0) is 14.0. The van der Waals surface area contributed by atoms with Crippen LogP contribution >= 0.6 is 0 Å². The van der Waals surface area contributed by atoms with Crippen LogP contribution in [0.5, 0.6) is 0 Å². The minimum Gasteiger partial charge on any atom is -0.394 e. The normalized spacial score (nSPS) is 26.8. The summed E-state index contributed by atoms with van der Waals surface area (Å²) in [5.74, 6) is -0.0486. The summed E-state index contributed by atoms with van der Waals surface area (Å²) in [6.07, 6.45) is -0.858. The third kappa shape index (κ3) is 2.74. The molecule has 0 amide bonds. The molecule has 0 spiro atoms. The van der Waals surface area contributed by atoms with Gasteiger partial charge in [-0.3, -0.25) is 9.82 Å². The van der Waals surface area contributed by atoms with E-state index in [9.17, 15) is 9.90 Å². The Balaban J connectivity index is 2.30. The second kappa shape index (κ2) is 5.63. The number of aliphatic hydroxyl groups excluding tert-OH is 2. The maximum Gasteiger partial charge on any atom is 0.351 e. The molecular formula is C10H15N3O6. The predicted octanol–water partition coefficient (Wildman–Crippen LogP) is -1.54. The summed E-state index contributed by atoms with van der Waals surface area (Å²) in [5, 5.41) is 27.0. The van der Waals surface area contributed by atoms with Gasteiger partial charge in [-0.05, 0) is 0 Å². The van der Waals surface area contributed by atoms with E-state index in [4.69, 9.17) is 20.8 Å². The second-order valence-corrected chi connectivity index (χ2v) is 4.23. The third-order valence-corrected chi connectivity index (χ3v) is 2.98. The van der Waals surface area contributed by atoms with Gasteiger partial charge >= 0.3 is 5.69 Å². The fourth-order valence-corrected chi connectivity index (χ4v) is 1.96. The molecule has 9 heteroatoms. The number of aromatic nitrogens is 2. The molecule has 19 heavy (non-hydrogen) atoms. The lowest BCUT2D eigenvalue weighted by Crippen LogP contribution is -2.29. The van der Waals surface area contributed by atoms with Crippen molar-refractivity contribution >= 4 is 5.82 Å². The fourth-order valence-electron chi connectivity index (χ4n) is 1.96. The molecule has 2 rings (SSSR count). The first-order valence-electron chi connectivity index (χ1n) is 5.65. The molecule has 106 valence electrons. The number of rotatable bonds is 4. The molecule has 1 fully saturated rings. The Labute approximate surface area is 107 Å². The second-order valence-electron chi connectivity index (χ2n) is 4.23. The number of nitrogen functional groups attached to an aromatic ring is 1. The van der Waals surface area contributed by atoms with Crippen molar-refractivity contribution in [3.63, 3.8) is 0 Å². The van der Waals surface area contributed by atoms with Crippen molar-refractivity contribution in [3.05, 3.63) is 22.2 Å². The summed E-state index contributed by atoms with van der Waals surface area (Å²) >= 11 is 0. The molecular weight excluding hydrogens is 258 g/mol. The Morgan fingerprint density at radius 2 is 2.37 bits per heavy atom. The molecule has 1 aromatic heterocycles. The molecule has 3 atom stereocenters. The molecule has 5 N–H and O–H groups in total. The molecule has 0 bridgehead atoms. The van der Waals surface area contributed by atoms with E-state index in [0.29, 0.717) is 5.56 Å². The van der Waals surface area contributed by atoms with E-state index in [-0.39, 0.29) is 25.5 Å². The maximum atomic E-state index is 11.7. The average Bonchev–Trinajstić information content (AvgIpc) is 2.74. The summed E-state index contributed by atoms with van der Waals surface area (Å²) in [6, 6.07) is 0. The van der Waals surface area contributed by atoms with E-state index in [1.54, 1.807) is 0 Å². The number of nitrogens with two attached hydrogens (primary N) is 1. The summed E-state index contributed by atoms with van der Waals surface area (Å²) in [5.41, 5.74) is 5.18. The monoisotopic (exact) mass is 273 g/mol. The molecule has 2 heterocycles. The minimum atomic E-state index is -0.864. The van der Waals surface area contributed by atoms with Crippen LogP contribution in [0.15, 0.2) is 11.0 Å². The zero-order valence-electron chi connectivity index (χ0n) is 9.97. The lowest BCUT2D eigenvalue weighted by molar-refractivity contribution is -0.253.